The van der Waals surface area contributed by atoms with E-state index in [2.05, 4.69) is 34.1 Å². The Morgan fingerprint density at radius 3 is 2.73 bits per heavy atom. The lowest BCUT2D eigenvalue weighted by Crippen LogP contribution is -2.41. The van der Waals surface area contributed by atoms with Gasteiger partial charge in [0.15, 0.2) is 0 Å². The van der Waals surface area contributed by atoms with Crippen molar-refractivity contribution in [2.75, 3.05) is 0 Å². The molecule has 0 N–H and O–H groups in total. The van der Waals surface area contributed by atoms with Crippen molar-refractivity contribution in [2.45, 2.75) is 64.0 Å². The molecule has 0 saturated heterocycles. The van der Waals surface area contributed by atoms with Crippen LogP contribution in [-0.2, 0) is 24.8 Å². The molecule has 2 aliphatic rings. The summed E-state index contributed by atoms with van der Waals surface area (Å²) >= 11 is 0. The van der Waals surface area contributed by atoms with Crippen molar-refractivity contribution < 1.29 is 4.79 Å². The first-order valence-corrected chi connectivity index (χ1v) is 10.1. The third-order valence-corrected chi connectivity index (χ3v) is 6.18. The zero-order chi connectivity index (χ0) is 17.9. The molecule has 1 amide bonds. The Bertz CT molecular complexity index is 760. The summed E-state index contributed by atoms with van der Waals surface area (Å²) in [6.45, 7) is 0.609. The van der Waals surface area contributed by atoms with Crippen molar-refractivity contribution in [1.29, 1.82) is 0 Å². The van der Waals surface area contributed by atoms with Crippen molar-refractivity contribution in [2.24, 2.45) is 13.0 Å². The van der Waals surface area contributed by atoms with Gasteiger partial charge in [0.2, 0.25) is 5.91 Å². The van der Waals surface area contributed by atoms with Crippen LogP contribution >= 0.6 is 0 Å². The molecule has 4 nitrogen and oxygen atoms in total. The molecule has 0 unspecified atom stereocenters. The molecule has 138 valence electrons. The van der Waals surface area contributed by atoms with E-state index in [1.807, 2.05) is 24.0 Å². The highest BCUT2D eigenvalue weighted by molar-refractivity contribution is 5.79. The molecule has 1 atom stereocenters. The number of rotatable bonds is 4. The summed E-state index contributed by atoms with van der Waals surface area (Å²) in [6.07, 6.45) is 12.9. The van der Waals surface area contributed by atoms with Gasteiger partial charge in [-0.15, -0.1) is 0 Å². The van der Waals surface area contributed by atoms with Gasteiger partial charge in [0.05, 0.1) is 12.6 Å². The minimum Gasteiger partial charge on any atom is -0.337 e. The van der Waals surface area contributed by atoms with Gasteiger partial charge in [-0.05, 0) is 43.2 Å². The molecule has 0 aliphatic heterocycles. The molecule has 2 aromatic rings. The van der Waals surface area contributed by atoms with Crippen LogP contribution in [0.15, 0.2) is 36.7 Å². The van der Waals surface area contributed by atoms with Gasteiger partial charge >= 0.3 is 0 Å². The monoisotopic (exact) mass is 351 g/mol. The number of hydrogen-bond acceptors (Lipinski definition) is 2. The second-order valence-corrected chi connectivity index (χ2v) is 7.86. The summed E-state index contributed by atoms with van der Waals surface area (Å²) < 4.78 is 2.04. The topological polar surface area (TPSA) is 38.1 Å². The second kappa shape index (κ2) is 7.65. The lowest BCUT2D eigenvalue weighted by molar-refractivity contribution is -0.140. The first-order chi connectivity index (χ1) is 12.7. The fourth-order valence-electron chi connectivity index (χ4n) is 4.68. The number of benzene rings is 1. The van der Waals surface area contributed by atoms with E-state index in [9.17, 15) is 4.79 Å². The van der Waals surface area contributed by atoms with E-state index >= 15 is 0 Å². The maximum atomic E-state index is 13.5. The summed E-state index contributed by atoms with van der Waals surface area (Å²) in [5.74, 6) is 1.50. The van der Waals surface area contributed by atoms with E-state index < -0.39 is 0 Å². The Hall–Kier alpha value is -2.10. The van der Waals surface area contributed by atoms with E-state index in [1.54, 1.807) is 0 Å². The highest BCUT2D eigenvalue weighted by Gasteiger charge is 2.34. The Morgan fingerprint density at radius 2 is 1.96 bits per heavy atom. The maximum Gasteiger partial charge on any atom is 0.226 e. The number of amides is 1. The molecular weight excluding hydrogens is 322 g/mol. The molecule has 1 aromatic carbocycles. The van der Waals surface area contributed by atoms with E-state index in [1.165, 1.54) is 30.4 Å². The van der Waals surface area contributed by atoms with E-state index in [0.29, 0.717) is 12.5 Å². The number of aryl methyl sites for hydroxylation is 2. The van der Waals surface area contributed by atoms with Crippen molar-refractivity contribution in [3.63, 3.8) is 0 Å². The van der Waals surface area contributed by atoms with Crippen molar-refractivity contribution in [3.8, 4) is 0 Å². The standard InChI is InChI=1S/C22H29N3O/c1-24-15-14-23-21(24)16-25(22(26)18-9-3-2-4-10-18)20-13-7-11-17-8-5-6-12-19(17)20/h5-6,8,12,14-15,18,20H,2-4,7,9-11,13,16H2,1H3/t20-/m1/s1. The van der Waals surface area contributed by atoms with Gasteiger partial charge in [0.1, 0.15) is 5.82 Å². The average molecular weight is 351 g/mol. The van der Waals surface area contributed by atoms with Crippen LogP contribution in [0.2, 0.25) is 0 Å². The lowest BCUT2D eigenvalue weighted by atomic mass is 9.84. The molecule has 0 radical (unpaired) electrons. The Balaban J connectivity index is 1.66. The van der Waals surface area contributed by atoms with Gasteiger partial charge in [0.25, 0.3) is 0 Å². The summed E-state index contributed by atoms with van der Waals surface area (Å²) in [6, 6.07) is 8.87. The van der Waals surface area contributed by atoms with Crippen LogP contribution < -0.4 is 0 Å². The number of hydrogen-bond donors (Lipinski definition) is 0. The molecule has 1 fully saturated rings. The van der Waals surface area contributed by atoms with Crippen molar-refractivity contribution >= 4 is 5.91 Å². The minimum atomic E-state index is 0.186. The number of carbonyl (C=O) groups excluding carboxylic acids is 1. The summed E-state index contributed by atoms with van der Waals surface area (Å²) in [5.41, 5.74) is 2.75. The number of fused-ring (bicyclic) bond motifs is 1. The predicted octanol–water partition coefficient (Wildman–Crippen LogP) is 4.41. The minimum absolute atomic E-state index is 0.186. The van der Waals surface area contributed by atoms with E-state index in [0.717, 1.165) is 37.9 Å². The smallest absolute Gasteiger partial charge is 0.226 e. The Kier molecular flexibility index (Phi) is 5.09. The summed E-state index contributed by atoms with van der Waals surface area (Å²) in [5, 5.41) is 0. The average Bonchev–Trinajstić information content (AvgIpc) is 3.10. The quantitative estimate of drug-likeness (QED) is 0.818. The van der Waals surface area contributed by atoms with E-state index in [-0.39, 0.29) is 12.0 Å². The van der Waals surface area contributed by atoms with Crippen LogP contribution in [0.5, 0.6) is 0 Å². The normalized spacial score (nSPS) is 20.6. The molecule has 4 rings (SSSR count). The third-order valence-electron chi connectivity index (χ3n) is 6.18. The molecule has 26 heavy (non-hydrogen) atoms. The fourth-order valence-corrected chi connectivity index (χ4v) is 4.68. The molecule has 0 spiro atoms. The molecule has 4 heteroatoms. The second-order valence-electron chi connectivity index (χ2n) is 7.86. The highest BCUT2D eigenvalue weighted by atomic mass is 16.2. The lowest BCUT2D eigenvalue weighted by Gasteiger charge is -2.38. The summed E-state index contributed by atoms with van der Waals surface area (Å²) in [4.78, 5) is 20.2. The number of carbonyl (C=O) groups is 1. The number of nitrogens with zero attached hydrogens (tertiary/aromatic N) is 3. The highest BCUT2D eigenvalue weighted by Crippen LogP contribution is 2.37. The fraction of sp³-hybridized carbons (Fsp3) is 0.545. The van der Waals surface area contributed by atoms with Crippen LogP contribution in [0.1, 0.15) is 67.9 Å². The molecule has 0 bridgehead atoms. The molecule has 1 heterocycles. The van der Waals surface area contributed by atoms with Gasteiger partial charge in [0, 0.05) is 25.4 Å². The van der Waals surface area contributed by atoms with Crippen molar-refractivity contribution in [1.82, 2.24) is 14.5 Å². The Morgan fingerprint density at radius 1 is 1.15 bits per heavy atom. The maximum absolute atomic E-state index is 13.5. The van der Waals surface area contributed by atoms with E-state index in [4.69, 9.17) is 0 Å². The molecule has 1 aromatic heterocycles. The molecule has 2 aliphatic carbocycles. The van der Waals surface area contributed by atoms with Gasteiger partial charge in [-0.1, -0.05) is 43.5 Å². The van der Waals surface area contributed by atoms with Crippen molar-refractivity contribution in [3.05, 3.63) is 53.6 Å². The zero-order valence-corrected chi connectivity index (χ0v) is 15.7. The number of aromatic nitrogens is 2. The zero-order valence-electron chi connectivity index (χ0n) is 15.7. The largest absolute Gasteiger partial charge is 0.337 e. The van der Waals surface area contributed by atoms with Crippen LogP contribution in [0, 0.1) is 5.92 Å². The predicted molar refractivity (Wildman–Crippen MR) is 102 cm³/mol. The molecular formula is C22H29N3O. The first-order valence-electron chi connectivity index (χ1n) is 10.1. The third kappa shape index (κ3) is 3.42. The first kappa shape index (κ1) is 17.3. The van der Waals surface area contributed by atoms with Gasteiger partial charge in [-0.3, -0.25) is 4.79 Å². The van der Waals surface area contributed by atoms with Gasteiger partial charge in [-0.2, -0.15) is 0 Å². The van der Waals surface area contributed by atoms with Gasteiger partial charge in [-0.25, -0.2) is 4.98 Å². The van der Waals surface area contributed by atoms with Crippen LogP contribution in [0.25, 0.3) is 0 Å². The van der Waals surface area contributed by atoms with Crippen LogP contribution in [0.3, 0.4) is 0 Å². The number of imidazole rings is 1. The van der Waals surface area contributed by atoms with Crippen LogP contribution in [0.4, 0.5) is 0 Å². The Labute approximate surface area is 156 Å². The van der Waals surface area contributed by atoms with Gasteiger partial charge < -0.3 is 9.47 Å². The SMILES string of the molecule is Cn1ccnc1CN(C(=O)C1CCCCC1)[C@@H]1CCCc2ccccc21. The van der Waals surface area contributed by atoms with Crippen LogP contribution in [-0.4, -0.2) is 20.4 Å². The molecule has 1 saturated carbocycles. The summed E-state index contributed by atoms with van der Waals surface area (Å²) in [7, 11) is 2.01.